The van der Waals surface area contributed by atoms with E-state index in [4.69, 9.17) is 16.3 Å². The van der Waals surface area contributed by atoms with Gasteiger partial charge in [-0.1, -0.05) is 48.0 Å². The lowest BCUT2D eigenvalue weighted by molar-refractivity contribution is -0.125. The molecule has 1 heterocycles. The van der Waals surface area contributed by atoms with Gasteiger partial charge in [-0.2, -0.15) is 0 Å². The van der Waals surface area contributed by atoms with Crippen molar-refractivity contribution in [3.63, 3.8) is 0 Å². The third-order valence-corrected chi connectivity index (χ3v) is 4.33. The number of esters is 1. The van der Waals surface area contributed by atoms with Gasteiger partial charge in [0.05, 0.1) is 5.56 Å². The van der Waals surface area contributed by atoms with E-state index in [0.717, 1.165) is 11.1 Å². The largest absolute Gasteiger partial charge is 0.444 e. The van der Waals surface area contributed by atoms with E-state index in [1.807, 2.05) is 38.1 Å². The molecule has 6 heteroatoms. The number of rotatable bonds is 5. The summed E-state index contributed by atoms with van der Waals surface area (Å²) in [6, 6.07) is 17.6. The molecule has 0 saturated carbocycles. The van der Waals surface area contributed by atoms with E-state index in [1.165, 1.54) is 12.3 Å². The van der Waals surface area contributed by atoms with Crippen molar-refractivity contribution in [1.29, 1.82) is 0 Å². The summed E-state index contributed by atoms with van der Waals surface area (Å²) in [7, 11) is 0. The number of nitrogens with one attached hydrogen (secondary N) is 1. The van der Waals surface area contributed by atoms with Crippen LogP contribution in [-0.4, -0.2) is 16.9 Å². The molecule has 0 bridgehead atoms. The van der Waals surface area contributed by atoms with Gasteiger partial charge in [-0.05, 0) is 49.2 Å². The second kappa shape index (κ2) is 8.67. The Kier molecular flexibility index (Phi) is 6.06. The predicted molar refractivity (Wildman–Crippen MR) is 108 cm³/mol. The Morgan fingerprint density at radius 2 is 1.68 bits per heavy atom. The quantitative estimate of drug-likeness (QED) is 0.494. The first-order valence-electron chi connectivity index (χ1n) is 8.69. The topological polar surface area (TPSA) is 68.3 Å². The van der Waals surface area contributed by atoms with Crippen LogP contribution in [0.2, 0.25) is 5.15 Å². The summed E-state index contributed by atoms with van der Waals surface area (Å²) >= 11 is 5.98. The zero-order valence-corrected chi connectivity index (χ0v) is 16.2. The van der Waals surface area contributed by atoms with Crippen LogP contribution in [0.15, 0.2) is 66.9 Å². The monoisotopic (exact) mass is 394 g/mol. The zero-order valence-electron chi connectivity index (χ0n) is 15.5. The molecule has 1 N–H and O–H groups in total. The molecule has 3 aromatic rings. The summed E-state index contributed by atoms with van der Waals surface area (Å²) in [5.41, 5.74) is 3.33. The molecule has 0 aliphatic heterocycles. The molecule has 1 aromatic heterocycles. The van der Waals surface area contributed by atoms with Crippen molar-refractivity contribution in [1.82, 2.24) is 4.98 Å². The first kappa shape index (κ1) is 19.6. The van der Waals surface area contributed by atoms with Crippen molar-refractivity contribution < 1.29 is 14.3 Å². The number of aromatic nitrogens is 1. The van der Waals surface area contributed by atoms with Crippen LogP contribution in [0.3, 0.4) is 0 Å². The van der Waals surface area contributed by atoms with Crippen LogP contribution in [-0.2, 0) is 9.53 Å². The molecule has 3 rings (SSSR count). The molecule has 0 aliphatic rings. The summed E-state index contributed by atoms with van der Waals surface area (Å²) < 4.78 is 5.52. The Morgan fingerprint density at radius 3 is 2.32 bits per heavy atom. The fourth-order valence-corrected chi connectivity index (χ4v) is 3.06. The number of pyridine rings is 1. The highest BCUT2D eigenvalue weighted by molar-refractivity contribution is 6.32. The second-order valence-electron chi connectivity index (χ2n) is 6.40. The molecule has 0 radical (unpaired) electrons. The molecule has 1 unspecified atom stereocenters. The third-order valence-electron chi connectivity index (χ3n) is 4.03. The summed E-state index contributed by atoms with van der Waals surface area (Å²) in [6.45, 7) is 3.89. The lowest BCUT2D eigenvalue weighted by Crippen LogP contribution is -2.26. The number of anilines is 1. The van der Waals surface area contributed by atoms with Gasteiger partial charge < -0.3 is 10.1 Å². The number of hydrogen-bond acceptors (Lipinski definition) is 4. The summed E-state index contributed by atoms with van der Waals surface area (Å²) in [5, 5.41) is 2.85. The molecule has 5 nitrogen and oxygen atoms in total. The maximum atomic E-state index is 13.0. The highest BCUT2D eigenvalue weighted by Crippen LogP contribution is 2.24. The van der Waals surface area contributed by atoms with Crippen LogP contribution in [0, 0.1) is 13.8 Å². The Hall–Kier alpha value is -3.18. The van der Waals surface area contributed by atoms with E-state index in [1.54, 1.807) is 30.3 Å². The molecule has 0 spiro atoms. The van der Waals surface area contributed by atoms with Gasteiger partial charge in [0, 0.05) is 17.4 Å². The van der Waals surface area contributed by atoms with Gasteiger partial charge in [-0.15, -0.1) is 0 Å². The van der Waals surface area contributed by atoms with Gasteiger partial charge in [-0.25, -0.2) is 9.78 Å². The minimum Gasteiger partial charge on any atom is -0.444 e. The highest BCUT2D eigenvalue weighted by Gasteiger charge is 2.27. The number of ether oxygens (including phenoxy) is 1. The second-order valence-corrected chi connectivity index (χ2v) is 6.76. The standard InChI is InChI=1S/C22H19ClN2O3/c1-14-11-15(2)13-17(12-14)25-21(26)19(16-7-4-3-5-8-16)28-22(27)18-9-6-10-24-20(18)23/h3-13,19H,1-2H3,(H,25,26). The van der Waals surface area contributed by atoms with Crippen molar-refractivity contribution >= 4 is 29.2 Å². The van der Waals surface area contributed by atoms with E-state index >= 15 is 0 Å². The van der Waals surface area contributed by atoms with Crippen molar-refractivity contribution in [3.05, 3.63) is 94.3 Å². The number of halogens is 1. The number of nitrogens with zero attached hydrogens (tertiary/aromatic N) is 1. The number of hydrogen-bond donors (Lipinski definition) is 1. The molecular formula is C22H19ClN2O3. The van der Waals surface area contributed by atoms with Crippen molar-refractivity contribution in [2.24, 2.45) is 0 Å². The molecule has 0 fully saturated rings. The normalized spacial score (nSPS) is 11.5. The number of carbonyl (C=O) groups excluding carboxylic acids is 2. The number of amides is 1. The number of aryl methyl sites for hydroxylation is 2. The van der Waals surface area contributed by atoms with Crippen LogP contribution in [0.1, 0.15) is 33.2 Å². The Morgan fingerprint density at radius 1 is 1.00 bits per heavy atom. The zero-order chi connectivity index (χ0) is 20.1. The van der Waals surface area contributed by atoms with Crippen molar-refractivity contribution in [2.75, 3.05) is 5.32 Å². The molecule has 1 amide bonds. The molecule has 142 valence electrons. The maximum Gasteiger partial charge on any atom is 0.342 e. The average molecular weight is 395 g/mol. The van der Waals surface area contributed by atoms with Gasteiger partial charge in [0.25, 0.3) is 5.91 Å². The van der Waals surface area contributed by atoms with Crippen molar-refractivity contribution in [3.8, 4) is 0 Å². The first-order chi connectivity index (χ1) is 13.4. The van der Waals surface area contributed by atoms with Crippen LogP contribution < -0.4 is 5.32 Å². The van der Waals surface area contributed by atoms with E-state index in [-0.39, 0.29) is 10.7 Å². The SMILES string of the molecule is Cc1cc(C)cc(NC(=O)C(OC(=O)c2cccnc2Cl)c2ccccc2)c1. The Bertz CT molecular complexity index is 985. The lowest BCUT2D eigenvalue weighted by atomic mass is 10.1. The van der Waals surface area contributed by atoms with Crippen LogP contribution in [0.5, 0.6) is 0 Å². The van der Waals surface area contributed by atoms with Crippen molar-refractivity contribution in [2.45, 2.75) is 20.0 Å². The Labute approximate surface area is 168 Å². The van der Waals surface area contributed by atoms with Crippen LogP contribution in [0.25, 0.3) is 0 Å². The Balaban J connectivity index is 1.88. The predicted octanol–water partition coefficient (Wildman–Crippen LogP) is 4.89. The van der Waals surface area contributed by atoms with Gasteiger partial charge >= 0.3 is 5.97 Å². The minimum absolute atomic E-state index is 0.0222. The smallest absolute Gasteiger partial charge is 0.342 e. The van der Waals surface area contributed by atoms with E-state index in [9.17, 15) is 9.59 Å². The lowest BCUT2D eigenvalue weighted by Gasteiger charge is -2.18. The van der Waals surface area contributed by atoms with Crippen LogP contribution in [0.4, 0.5) is 5.69 Å². The average Bonchev–Trinajstić information content (AvgIpc) is 2.66. The fraction of sp³-hybridized carbons (Fsp3) is 0.136. The first-order valence-corrected chi connectivity index (χ1v) is 9.07. The summed E-state index contributed by atoms with van der Waals surface area (Å²) in [4.78, 5) is 29.4. The van der Waals surface area contributed by atoms with Gasteiger partial charge in [0.1, 0.15) is 5.15 Å². The molecule has 0 saturated heterocycles. The summed E-state index contributed by atoms with van der Waals surface area (Å²) in [5.74, 6) is -1.17. The molecule has 0 aliphatic carbocycles. The van der Waals surface area contributed by atoms with E-state index in [2.05, 4.69) is 10.3 Å². The number of benzene rings is 2. The molecule has 28 heavy (non-hydrogen) atoms. The van der Waals surface area contributed by atoms with Gasteiger partial charge in [0.2, 0.25) is 6.10 Å². The van der Waals surface area contributed by atoms with E-state index < -0.39 is 18.0 Å². The molecule has 1 atom stereocenters. The number of carbonyl (C=O) groups is 2. The third kappa shape index (κ3) is 4.75. The maximum absolute atomic E-state index is 13.0. The minimum atomic E-state index is -1.13. The fourth-order valence-electron chi connectivity index (χ4n) is 2.86. The van der Waals surface area contributed by atoms with E-state index in [0.29, 0.717) is 11.3 Å². The highest BCUT2D eigenvalue weighted by atomic mass is 35.5. The van der Waals surface area contributed by atoms with Crippen LogP contribution >= 0.6 is 11.6 Å². The van der Waals surface area contributed by atoms with Gasteiger partial charge in [-0.3, -0.25) is 4.79 Å². The molecular weight excluding hydrogens is 376 g/mol. The van der Waals surface area contributed by atoms with Gasteiger partial charge in [0.15, 0.2) is 0 Å². The molecule has 2 aromatic carbocycles. The summed E-state index contributed by atoms with van der Waals surface area (Å²) in [6.07, 6.45) is 0.339.